The highest BCUT2D eigenvalue weighted by atomic mass is 16.4. The molecular weight excluding hydrogens is 172 g/mol. The lowest BCUT2D eigenvalue weighted by atomic mass is 10.4. The number of carboxylic acids is 1. The molecule has 76 valence electrons. The summed E-state index contributed by atoms with van der Waals surface area (Å²) in [6.07, 6.45) is 1.27. The number of amides is 1. The van der Waals surface area contributed by atoms with E-state index >= 15 is 0 Å². The van der Waals surface area contributed by atoms with Gasteiger partial charge in [0.05, 0.1) is 0 Å². The Morgan fingerprint density at radius 3 is 2.31 bits per heavy atom. The fraction of sp³-hybridized carbons (Fsp3) is 0.500. The van der Waals surface area contributed by atoms with Crippen molar-refractivity contribution in [2.75, 3.05) is 13.1 Å². The Bertz CT molecular complexity index is 161. The molecule has 0 atom stereocenters. The van der Waals surface area contributed by atoms with Gasteiger partial charge < -0.3 is 16.2 Å². The fourth-order valence-electron chi connectivity index (χ4n) is 0.417. The molecule has 0 unspecified atom stereocenters. The van der Waals surface area contributed by atoms with Crippen molar-refractivity contribution in [1.82, 2.24) is 5.32 Å². The molecule has 13 heavy (non-hydrogen) atoms. The average molecular weight is 188 g/mol. The first-order chi connectivity index (χ1) is 6.08. The average Bonchev–Trinajstić information content (AvgIpc) is 2.06. The first-order valence-electron chi connectivity index (χ1n) is 3.90. The van der Waals surface area contributed by atoms with E-state index in [1.807, 2.05) is 6.92 Å². The Labute approximate surface area is 77.6 Å². The first-order valence-corrected chi connectivity index (χ1v) is 3.90. The second kappa shape index (κ2) is 10.6. The van der Waals surface area contributed by atoms with E-state index < -0.39 is 5.97 Å². The topological polar surface area (TPSA) is 92.4 Å². The second-order valence-corrected chi connectivity index (χ2v) is 2.03. The van der Waals surface area contributed by atoms with E-state index in [1.165, 1.54) is 0 Å². The molecule has 0 heterocycles. The van der Waals surface area contributed by atoms with Crippen molar-refractivity contribution in [2.45, 2.75) is 13.3 Å². The molecule has 0 aromatic carbocycles. The number of carbonyl (C=O) groups excluding carboxylic acids is 1. The van der Waals surface area contributed by atoms with Crippen molar-refractivity contribution >= 4 is 11.9 Å². The lowest BCUT2D eigenvalue weighted by Crippen LogP contribution is -2.24. The highest BCUT2D eigenvalue weighted by Crippen LogP contribution is 1.71. The minimum absolute atomic E-state index is 0.0370. The highest BCUT2D eigenvalue weighted by Gasteiger charge is 1.92. The van der Waals surface area contributed by atoms with Crippen LogP contribution in [0.2, 0.25) is 0 Å². The number of nitrogens with two attached hydrogens (primary N) is 1. The minimum Gasteiger partial charge on any atom is -0.478 e. The number of carbonyl (C=O) groups is 2. The van der Waals surface area contributed by atoms with Crippen LogP contribution in [0.15, 0.2) is 12.7 Å². The van der Waals surface area contributed by atoms with Crippen LogP contribution in [-0.4, -0.2) is 30.1 Å². The van der Waals surface area contributed by atoms with Gasteiger partial charge in [0.1, 0.15) is 0 Å². The van der Waals surface area contributed by atoms with Gasteiger partial charge in [0.15, 0.2) is 0 Å². The molecule has 0 aromatic rings. The van der Waals surface area contributed by atoms with Gasteiger partial charge in [-0.3, -0.25) is 4.79 Å². The van der Waals surface area contributed by atoms with Gasteiger partial charge in [0.25, 0.3) is 0 Å². The number of hydrogen-bond acceptors (Lipinski definition) is 3. The van der Waals surface area contributed by atoms with E-state index in [-0.39, 0.29) is 5.91 Å². The summed E-state index contributed by atoms with van der Waals surface area (Å²) in [5, 5.41) is 10.2. The molecule has 1 amide bonds. The summed E-state index contributed by atoms with van der Waals surface area (Å²) >= 11 is 0. The van der Waals surface area contributed by atoms with Gasteiger partial charge in [0.2, 0.25) is 5.91 Å². The summed E-state index contributed by atoms with van der Waals surface area (Å²) in [5.41, 5.74) is 5.10. The minimum atomic E-state index is -0.981. The molecule has 0 fully saturated rings. The van der Waals surface area contributed by atoms with E-state index in [4.69, 9.17) is 10.8 Å². The van der Waals surface area contributed by atoms with Gasteiger partial charge >= 0.3 is 5.97 Å². The van der Waals surface area contributed by atoms with E-state index in [1.54, 1.807) is 0 Å². The SMILES string of the molecule is C=CC(=O)O.CCNC(=O)CCN. The molecule has 5 heteroatoms. The van der Waals surface area contributed by atoms with E-state index in [2.05, 4.69) is 11.9 Å². The Morgan fingerprint density at radius 2 is 2.08 bits per heavy atom. The van der Waals surface area contributed by atoms with Gasteiger partial charge in [-0.15, -0.1) is 0 Å². The van der Waals surface area contributed by atoms with Crippen LogP contribution in [0.25, 0.3) is 0 Å². The van der Waals surface area contributed by atoms with Gasteiger partial charge in [-0.2, -0.15) is 0 Å². The standard InChI is InChI=1S/C5H12N2O.C3H4O2/c1-2-7-5(8)3-4-6;1-2-3(4)5/h2-4,6H2,1H3,(H,7,8);2H,1H2,(H,4,5). The van der Waals surface area contributed by atoms with Crippen LogP contribution in [0.1, 0.15) is 13.3 Å². The zero-order chi connectivity index (χ0) is 10.7. The Hall–Kier alpha value is -1.36. The van der Waals surface area contributed by atoms with Crippen LogP contribution in [0.3, 0.4) is 0 Å². The summed E-state index contributed by atoms with van der Waals surface area (Å²) in [7, 11) is 0. The third-order valence-corrected chi connectivity index (χ3v) is 0.920. The summed E-state index contributed by atoms with van der Waals surface area (Å²) in [5.74, 6) is -0.944. The van der Waals surface area contributed by atoms with Crippen LogP contribution in [0.4, 0.5) is 0 Å². The van der Waals surface area contributed by atoms with Gasteiger partial charge in [-0.1, -0.05) is 6.58 Å². The maximum absolute atomic E-state index is 10.5. The molecule has 0 bridgehead atoms. The molecule has 0 aliphatic carbocycles. The van der Waals surface area contributed by atoms with E-state index in [0.29, 0.717) is 19.5 Å². The molecular formula is C8H16N2O3. The number of nitrogens with one attached hydrogen (secondary N) is 1. The van der Waals surface area contributed by atoms with E-state index in [0.717, 1.165) is 6.08 Å². The zero-order valence-corrected chi connectivity index (χ0v) is 7.75. The van der Waals surface area contributed by atoms with Crippen molar-refractivity contribution in [2.24, 2.45) is 5.73 Å². The maximum Gasteiger partial charge on any atom is 0.327 e. The van der Waals surface area contributed by atoms with Gasteiger partial charge in [0, 0.05) is 25.6 Å². The predicted octanol–water partition coefficient (Wildman–Crippen LogP) is -0.272. The number of aliphatic carboxylic acids is 1. The number of carboxylic acid groups (broad SMARTS) is 1. The lowest BCUT2D eigenvalue weighted by Gasteiger charge is -1.96. The third kappa shape index (κ3) is 18.0. The molecule has 0 aromatic heterocycles. The van der Waals surface area contributed by atoms with Crippen LogP contribution in [-0.2, 0) is 9.59 Å². The quantitative estimate of drug-likeness (QED) is 0.529. The second-order valence-electron chi connectivity index (χ2n) is 2.03. The molecule has 0 rings (SSSR count). The lowest BCUT2D eigenvalue weighted by molar-refractivity contribution is -0.131. The highest BCUT2D eigenvalue weighted by molar-refractivity contribution is 5.78. The summed E-state index contributed by atoms with van der Waals surface area (Å²) in [4.78, 5) is 19.7. The molecule has 0 saturated heterocycles. The largest absolute Gasteiger partial charge is 0.478 e. The first kappa shape index (κ1) is 14.2. The Balaban J connectivity index is 0. The Morgan fingerprint density at radius 1 is 1.62 bits per heavy atom. The fourth-order valence-corrected chi connectivity index (χ4v) is 0.417. The van der Waals surface area contributed by atoms with Crippen molar-refractivity contribution in [1.29, 1.82) is 0 Å². The molecule has 5 nitrogen and oxygen atoms in total. The molecule has 4 N–H and O–H groups in total. The third-order valence-electron chi connectivity index (χ3n) is 0.920. The van der Waals surface area contributed by atoms with Gasteiger partial charge in [-0.05, 0) is 6.92 Å². The molecule has 0 aliphatic heterocycles. The van der Waals surface area contributed by atoms with Gasteiger partial charge in [-0.25, -0.2) is 4.79 Å². The summed E-state index contributed by atoms with van der Waals surface area (Å²) < 4.78 is 0. The zero-order valence-electron chi connectivity index (χ0n) is 7.75. The van der Waals surface area contributed by atoms with Crippen molar-refractivity contribution in [3.63, 3.8) is 0 Å². The van der Waals surface area contributed by atoms with Crippen LogP contribution in [0.5, 0.6) is 0 Å². The normalized spacial score (nSPS) is 7.85. The molecule has 0 spiro atoms. The maximum atomic E-state index is 10.5. The monoisotopic (exact) mass is 188 g/mol. The molecule has 0 aliphatic rings. The van der Waals surface area contributed by atoms with Crippen LogP contribution < -0.4 is 11.1 Å². The molecule has 0 radical (unpaired) electrons. The summed E-state index contributed by atoms with van der Waals surface area (Å²) in [6, 6.07) is 0. The van der Waals surface area contributed by atoms with Crippen LogP contribution in [0, 0.1) is 0 Å². The van der Waals surface area contributed by atoms with E-state index in [9.17, 15) is 9.59 Å². The van der Waals surface area contributed by atoms with Crippen molar-refractivity contribution < 1.29 is 14.7 Å². The predicted molar refractivity (Wildman–Crippen MR) is 50.2 cm³/mol. The Kier molecular flexibility index (Phi) is 11.6. The number of rotatable bonds is 4. The van der Waals surface area contributed by atoms with Crippen molar-refractivity contribution in [3.8, 4) is 0 Å². The summed E-state index contributed by atoms with van der Waals surface area (Å²) in [6.45, 7) is 5.97. The number of hydrogen-bond donors (Lipinski definition) is 3. The molecule has 0 saturated carbocycles. The smallest absolute Gasteiger partial charge is 0.327 e. The van der Waals surface area contributed by atoms with Crippen LogP contribution >= 0.6 is 0 Å². The van der Waals surface area contributed by atoms with Crippen molar-refractivity contribution in [3.05, 3.63) is 12.7 Å².